The Labute approximate surface area is 345 Å². The van der Waals surface area contributed by atoms with Crippen LogP contribution in [0.1, 0.15) is 78.5 Å². The first-order valence-corrected chi connectivity index (χ1v) is 20.9. The summed E-state index contributed by atoms with van der Waals surface area (Å²) in [7, 11) is 3.88. The highest BCUT2D eigenvalue weighted by atomic mass is 35.5. The Balaban J connectivity index is 0.874. The molecule has 0 spiro atoms. The maximum atomic E-state index is 15.1. The van der Waals surface area contributed by atoms with E-state index in [4.69, 9.17) is 16.6 Å². The maximum absolute atomic E-state index is 15.1. The standard InChI is InChI=1S/C41H43ClF4N8O4S/c1-51(26-11-14-53(15-12-26)31-16-25(42)17-32-36(31)52(2)39(58)54(32)40(22-55)13-10-35(56)47-21-40)20-23-6-8-24(9-7-23)38-50-30-18-27(43)29(19-33(30)59-38)49-37(57)28-4-3-5-34(48-28)41(44,45)46/h3-5,16-19,22-24,26H,6-15,20-21H2,1-2H3,(H,47,56)(H,49,57). The number of aromatic nitrogens is 4. The topological polar surface area (TPSA) is 134 Å². The number of carbonyl (C=O) groups is 3. The van der Waals surface area contributed by atoms with Gasteiger partial charge in [0.2, 0.25) is 5.91 Å². The lowest BCUT2D eigenvalue weighted by Gasteiger charge is -2.40. The number of aldehydes is 1. The number of pyridine rings is 1. The fraction of sp³-hybridized carbons (Fsp3) is 0.463. The number of halogens is 5. The van der Waals surface area contributed by atoms with Crippen LogP contribution < -0.4 is 21.2 Å². The van der Waals surface area contributed by atoms with Gasteiger partial charge in [-0.3, -0.25) is 18.7 Å². The summed E-state index contributed by atoms with van der Waals surface area (Å²) >= 11 is 8.11. The summed E-state index contributed by atoms with van der Waals surface area (Å²) in [5.74, 6) is -1.12. The largest absolute Gasteiger partial charge is 0.433 e. The second kappa shape index (κ2) is 16.0. The summed E-state index contributed by atoms with van der Waals surface area (Å²) < 4.78 is 58.1. The molecule has 2 aliphatic heterocycles. The number of thiazole rings is 1. The fourth-order valence-corrected chi connectivity index (χ4v) is 10.4. The molecular weight excluding hydrogens is 812 g/mol. The fourth-order valence-electron chi connectivity index (χ4n) is 9.05. The Morgan fingerprint density at radius 1 is 1.08 bits per heavy atom. The zero-order chi connectivity index (χ0) is 41.8. The van der Waals surface area contributed by atoms with Gasteiger partial charge in [0.25, 0.3) is 5.91 Å². The molecule has 59 heavy (non-hydrogen) atoms. The van der Waals surface area contributed by atoms with E-state index in [1.807, 2.05) is 6.07 Å². The predicted octanol–water partition coefficient (Wildman–Crippen LogP) is 7.09. The molecule has 3 aromatic heterocycles. The molecule has 0 bridgehead atoms. The molecule has 1 unspecified atom stereocenters. The number of hydrogen-bond acceptors (Lipinski definition) is 9. The highest BCUT2D eigenvalue weighted by Crippen LogP contribution is 2.41. The van der Waals surface area contributed by atoms with Crippen molar-refractivity contribution < 1.29 is 31.9 Å². The lowest BCUT2D eigenvalue weighted by atomic mass is 9.82. The number of carbonyl (C=O) groups excluding carboxylic acids is 3. The van der Waals surface area contributed by atoms with Gasteiger partial charge in [0.15, 0.2) is 0 Å². The van der Waals surface area contributed by atoms with Crippen molar-refractivity contribution in [1.29, 1.82) is 0 Å². The summed E-state index contributed by atoms with van der Waals surface area (Å²) in [6.07, 6.45) is 2.15. The van der Waals surface area contributed by atoms with E-state index in [0.29, 0.717) is 38.2 Å². The molecule has 312 valence electrons. The normalized spacial score (nSPS) is 22.0. The first kappa shape index (κ1) is 40.9. The summed E-state index contributed by atoms with van der Waals surface area (Å²) in [6, 6.07) is 9.67. The van der Waals surface area contributed by atoms with E-state index < -0.39 is 34.8 Å². The average Bonchev–Trinajstić information content (AvgIpc) is 3.75. The third-order valence-corrected chi connectivity index (χ3v) is 13.7. The number of nitrogens with zero attached hydrogens (tertiary/aromatic N) is 6. The van der Waals surface area contributed by atoms with Gasteiger partial charge in [0.05, 0.1) is 37.6 Å². The summed E-state index contributed by atoms with van der Waals surface area (Å²) in [5.41, 5.74) is -0.773. The van der Waals surface area contributed by atoms with Crippen molar-refractivity contribution in [2.24, 2.45) is 13.0 Å². The van der Waals surface area contributed by atoms with Crippen LogP contribution in [0, 0.1) is 11.7 Å². The van der Waals surface area contributed by atoms with E-state index in [2.05, 4.69) is 32.5 Å². The monoisotopic (exact) mass is 854 g/mol. The predicted molar refractivity (Wildman–Crippen MR) is 218 cm³/mol. The van der Waals surface area contributed by atoms with E-state index in [9.17, 15) is 32.3 Å². The van der Waals surface area contributed by atoms with Crippen LogP contribution in [0.5, 0.6) is 0 Å². The zero-order valence-electron chi connectivity index (χ0n) is 32.5. The smallest absolute Gasteiger partial charge is 0.370 e. The van der Waals surface area contributed by atoms with Crippen molar-refractivity contribution in [3.8, 4) is 0 Å². The highest BCUT2D eigenvalue weighted by molar-refractivity contribution is 7.18. The first-order chi connectivity index (χ1) is 28.1. The number of nitrogens with one attached hydrogen (secondary N) is 2. The third kappa shape index (κ3) is 7.96. The van der Waals surface area contributed by atoms with Crippen LogP contribution in [0.15, 0.2) is 47.3 Å². The highest BCUT2D eigenvalue weighted by Gasteiger charge is 2.40. The Hall–Kier alpha value is -4.87. The maximum Gasteiger partial charge on any atom is 0.433 e. The second-order valence-corrected chi connectivity index (χ2v) is 17.6. The quantitative estimate of drug-likeness (QED) is 0.119. The minimum absolute atomic E-state index is 0.0413. The number of benzene rings is 2. The first-order valence-electron chi connectivity index (χ1n) is 19.7. The Kier molecular flexibility index (Phi) is 11.1. The average molecular weight is 855 g/mol. The van der Waals surface area contributed by atoms with Crippen molar-refractivity contribution in [2.75, 3.05) is 43.4 Å². The number of aryl methyl sites for hydroxylation is 1. The summed E-state index contributed by atoms with van der Waals surface area (Å²) in [4.78, 5) is 63.7. The Morgan fingerprint density at radius 3 is 2.51 bits per heavy atom. The van der Waals surface area contributed by atoms with Gasteiger partial charge < -0.3 is 25.2 Å². The van der Waals surface area contributed by atoms with Gasteiger partial charge in [-0.25, -0.2) is 19.2 Å². The van der Waals surface area contributed by atoms with E-state index in [-0.39, 0.29) is 42.6 Å². The van der Waals surface area contributed by atoms with Gasteiger partial charge in [0, 0.05) is 62.7 Å². The molecule has 1 aliphatic carbocycles. The van der Waals surface area contributed by atoms with Crippen LogP contribution in [0.4, 0.5) is 28.9 Å². The molecular formula is C41H43ClF4N8O4S. The van der Waals surface area contributed by atoms with Gasteiger partial charge in [-0.1, -0.05) is 17.7 Å². The zero-order valence-corrected chi connectivity index (χ0v) is 34.0. The molecule has 3 aliphatic rings. The minimum atomic E-state index is -4.72. The lowest BCUT2D eigenvalue weighted by molar-refractivity contribution is -0.141. The number of imidazole rings is 1. The van der Waals surface area contributed by atoms with Crippen molar-refractivity contribution >= 4 is 73.7 Å². The van der Waals surface area contributed by atoms with E-state index >= 15 is 4.39 Å². The number of fused-ring (bicyclic) bond motifs is 2. The van der Waals surface area contributed by atoms with Crippen LogP contribution in [0.2, 0.25) is 5.02 Å². The van der Waals surface area contributed by atoms with E-state index in [0.717, 1.165) is 93.3 Å². The van der Waals surface area contributed by atoms with Crippen molar-refractivity contribution in [3.05, 3.63) is 80.2 Å². The Morgan fingerprint density at radius 2 is 1.83 bits per heavy atom. The molecule has 0 radical (unpaired) electrons. The van der Waals surface area contributed by atoms with Gasteiger partial charge >= 0.3 is 11.9 Å². The molecule has 3 fully saturated rings. The molecule has 8 rings (SSSR count). The number of rotatable bonds is 9. The van der Waals surface area contributed by atoms with E-state index in [1.165, 1.54) is 28.0 Å². The SMILES string of the molecule is CN(CC1CCC(c2nc3cc(F)c(NC(=O)c4cccc(C(F)(F)F)n4)cc3s2)CC1)C1CCN(c2cc(Cl)cc3c2n(C)c(=O)n3C2(C=O)CCC(=O)NC2)CC1. The molecule has 2 saturated heterocycles. The van der Waals surface area contributed by atoms with E-state index in [1.54, 1.807) is 17.7 Å². The number of piperidine rings is 2. The lowest BCUT2D eigenvalue weighted by Crippen LogP contribution is -2.54. The van der Waals surface area contributed by atoms with Crippen molar-refractivity contribution in [1.82, 2.24) is 29.3 Å². The van der Waals surface area contributed by atoms with Crippen LogP contribution in [0.3, 0.4) is 0 Å². The van der Waals surface area contributed by atoms with Crippen molar-refractivity contribution in [3.63, 3.8) is 0 Å². The molecule has 2 N–H and O–H groups in total. The molecule has 2 amide bonds. The number of alkyl halides is 3. The molecule has 18 heteroatoms. The van der Waals surface area contributed by atoms with Gasteiger partial charge in [0.1, 0.15) is 29.0 Å². The summed E-state index contributed by atoms with van der Waals surface area (Å²) in [5, 5.41) is 6.48. The van der Waals surface area contributed by atoms with Gasteiger partial charge in [-0.2, -0.15) is 13.2 Å². The summed E-state index contributed by atoms with van der Waals surface area (Å²) in [6.45, 7) is 2.52. The van der Waals surface area contributed by atoms with Crippen LogP contribution in [-0.4, -0.2) is 81.4 Å². The number of amides is 2. The molecule has 1 saturated carbocycles. The molecule has 5 heterocycles. The van der Waals surface area contributed by atoms with Crippen LogP contribution >= 0.6 is 22.9 Å². The van der Waals surface area contributed by atoms with Gasteiger partial charge in [-0.05, 0) is 88.2 Å². The molecule has 1 atom stereocenters. The van der Waals surface area contributed by atoms with Crippen LogP contribution in [0.25, 0.3) is 21.3 Å². The number of anilines is 2. The molecule has 12 nitrogen and oxygen atoms in total. The van der Waals surface area contributed by atoms with Crippen LogP contribution in [-0.2, 0) is 28.4 Å². The third-order valence-electron chi connectivity index (χ3n) is 12.3. The number of hydrogen-bond donors (Lipinski definition) is 2. The van der Waals surface area contributed by atoms with Gasteiger partial charge in [-0.15, -0.1) is 11.3 Å². The second-order valence-electron chi connectivity index (χ2n) is 16.1. The molecule has 2 aromatic carbocycles. The molecule has 5 aromatic rings. The van der Waals surface area contributed by atoms with Crippen molar-refractivity contribution in [2.45, 2.75) is 75.0 Å². The Bertz CT molecular complexity index is 2490. The minimum Gasteiger partial charge on any atom is -0.370 e.